The first-order chi connectivity index (χ1) is 12.1. The highest BCUT2D eigenvalue weighted by Gasteiger charge is 2.12. The fourth-order valence-electron chi connectivity index (χ4n) is 2.74. The molecule has 0 radical (unpaired) electrons. The van der Waals surface area contributed by atoms with E-state index in [0.717, 1.165) is 18.8 Å². The van der Waals surface area contributed by atoms with Crippen LogP contribution in [0.2, 0.25) is 0 Å². The molecule has 0 aliphatic carbocycles. The summed E-state index contributed by atoms with van der Waals surface area (Å²) >= 11 is 0. The van der Waals surface area contributed by atoms with Gasteiger partial charge in [0, 0.05) is 24.3 Å². The van der Waals surface area contributed by atoms with Crippen LogP contribution in [-0.2, 0) is 0 Å². The molecule has 0 unspecified atom stereocenters. The van der Waals surface area contributed by atoms with Gasteiger partial charge in [-0.1, -0.05) is 12.1 Å². The summed E-state index contributed by atoms with van der Waals surface area (Å²) < 4.78 is 0. The lowest BCUT2D eigenvalue weighted by atomic mass is 10.1. The summed E-state index contributed by atoms with van der Waals surface area (Å²) in [6.45, 7) is 2.13. The molecule has 2 aromatic carbocycles. The third-order valence-electron chi connectivity index (χ3n) is 4.14. The van der Waals surface area contributed by atoms with Gasteiger partial charge in [-0.3, -0.25) is 4.79 Å². The van der Waals surface area contributed by atoms with E-state index >= 15 is 0 Å². The molecule has 1 saturated heterocycles. The van der Waals surface area contributed by atoms with Crippen LogP contribution in [0, 0.1) is 0 Å². The van der Waals surface area contributed by atoms with Gasteiger partial charge in [0.1, 0.15) is 0 Å². The monoisotopic (exact) mass is 337 g/mol. The molecule has 1 heterocycles. The Morgan fingerprint density at radius 1 is 0.960 bits per heavy atom. The van der Waals surface area contributed by atoms with Crippen molar-refractivity contribution in [2.45, 2.75) is 12.8 Å². The molecule has 128 valence electrons. The van der Waals surface area contributed by atoms with Crippen molar-refractivity contribution in [1.82, 2.24) is 5.43 Å². The quantitative estimate of drug-likeness (QED) is 0.649. The van der Waals surface area contributed by atoms with Gasteiger partial charge in [-0.15, -0.1) is 0 Å². The van der Waals surface area contributed by atoms with E-state index in [4.69, 9.17) is 5.11 Å². The molecular formula is C19H19N3O3. The smallest absolute Gasteiger partial charge is 0.335 e. The number of hydrazone groups is 1. The number of carbonyl (C=O) groups excluding carboxylic acids is 1. The van der Waals surface area contributed by atoms with E-state index in [-0.39, 0.29) is 11.5 Å². The molecule has 1 aliphatic rings. The Morgan fingerprint density at radius 3 is 2.16 bits per heavy atom. The van der Waals surface area contributed by atoms with E-state index in [2.05, 4.69) is 15.4 Å². The first kappa shape index (κ1) is 16.7. The molecule has 1 amide bonds. The summed E-state index contributed by atoms with van der Waals surface area (Å²) in [5.74, 6) is -1.26. The highest BCUT2D eigenvalue weighted by atomic mass is 16.4. The topological polar surface area (TPSA) is 82.0 Å². The van der Waals surface area contributed by atoms with Gasteiger partial charge >= 0.3 is 5.97 Å². The summed E-state index contributed by atoms with van der Waals surface area (Å²) in [7, 11) is 0. The fourth-order valence-corrected chi connectivity index (χ4v) is 2.74. The van der Waals surface area contributed by atoms with E-state index in [1.165, 1.54) is 31.2 Å². The van der Waals surface area contributed by atoms with Gasteiger partial charge < -0.3 is 10.0 Å². The van der Waals surface area contributed by atoms with Crippen molar-refractivity contribution in [3.8, 4) is 0 Å². The molecule has 6 heteroatoms. The minimum Gasteiger partial charge on any atom is -0.478 e. The van der Waals surface area contributed by atoms with Gasteiger partial charge in [0.2, 0.25) is 0 Å². The van der Waals surface area contributed by atoms with Crippen molar-refractivity contribution in [2.75, 3.05) is 18.0 Å². The minimum atomic E-state index is -0.978. The molecule has 2 aromatic rings. The first-order valence-electron chi connectivity index (χ1n) is 8.15. The average molecular weight is 337 g/mol. The normalized spacial score (nSPS) is 14.0. The number of hydrogen-bond donors (Lipinski definition) is 2. The van der Waals surface area contributed by atoms with Crippen LogP contribution < -0.4 is 10.3 Å². The minimum absolute atomic E-state index is 0.208. The molecule has 0 aromatic heterocycles. The predicted molar refractivity (Wildman–Crippen MR) is 96.4 cm³/mol. The Balaban J connectivity index is 1.57. The largest absolute Gasteiger partial charge is 0.478 e. The number of carbonyl (C=O) groups is 2. The van der Waals surface area contributed by atoms with Gasteiger partial charge in [-0.05, 0) is 54.8 Å². The van der Waals surface area contributed by atoms with Crippen molar-refractivity contribution in [3.63, 3.8) is 0 Å². The maximum atomic E-state index is 12.1. The lowest BCUT2D eigenvalue weighted by Crippen LogP contribution is -2.19. The molecule has 0 atom stereocenters. The zero-order chi connectivity index (χ0) is 17.6. The third kappa shape index (κ3) is 4.23. The number of amides is 1. The van der Waals surface area contributed by atoms with Gasteiger partial charge in [-0.2, -0.15) is 5.10 Å². The first-order valence-corrected chi connectivity index (χ1v) is 8.15. The van der Waals surface area contributed by atoms with Crippen LogP contribution >= 0.6 is 0 Å². The van der Waals surface area contributed by atoms with Gasteiger partial charge in [-0.25, -0.2) is 10.2 Å². The Hall–Kier alpha value is -3.15. The second-order valence-corrected chi connectivity index (χ2v) is 5.87. The number of aromatic carboxylic acids is 1. The summed E-state index contributed by atoms with van der Waals surface area (Å²) in [5, 5.41) is 12.8. The van der Waals surface area contributed by atoms with Crippen LogP contribution in [0.1, 0.15) is 39.1 Å². The summed E-state index contributed by atoms with van der Waals surface area (Å²) in [6.07, 6.45) is 3.90. The van der Waals surface area contributed by atoms with Crippen molar-refractivity contribution in [2.24, 2.45) is 5.10 Å². The number of hydrogen-bond acceptors (Lipinski definition) is 4. The van der Waals surface area contributed by atoms with Crippen LogP contribution in [-0.4, -0.2) is 36.3 Å². The molecule has 0 bridgehead atoms. The third-order valence-corrected chi connectivity index (χ3v) is 4.14. The van der Waals surface area contributed by atoms with Crippen LogP contribution in [0.15, 0.2) is 53.6 Å². The van der Waals surface area contributed by atoms with Gasteiger partial charge in [0.05, 0.1) is 11.8 Å². The fraction of sp³-hybridized carbons (Fsp3) is 0.211. The molecule has 0 saturated carbocycles. The summed E-state index contributed by atoms with van der Waals surface area (Å²) in [6, 6.07) is 13.7. The Kier molecular flexibility index (Phi) is 5.09. The molecule has 25 heavy (non-hydrogen) atoms. The number of rotatable bonds is 5. The van der Waals surface area contributed by atoms with E-state index in [1.807, 2.05) is 12.1 Å². The number of carboxylic acids is 1. The van der Waals surface area contributed by atoms with Crippen molar-refractivity contribution >= 4 is 23.8 Å². The lowest BCUT2D eigenvalue weighted by molar-refractivity contribution is 0.0696. The summed E-state index contributed by atoms with van der Waals surface area (Å²) in [4.78, 5) is 25.2. The van der Waals surface area contributed by atoms with E-state index < -0.39 is 5.97 Å². The number of nitrogens with zero attached hydrogens (tertiary/aromatic N) is 2. The standard InChI is InChI=1S/C19H19N3O3/c23-18(15-7-9-17(10-8-15)22-11-1-2-12-22)21-20-13-14-3-5-16(6-4-14)19(24)25/h3-10,13H,1-2,11-12H2,(H,21,23)(H,24,25)/b20-13-. The van der Waals surface area contributed by atoms with Gasteiger partial charge in [0.25, 0.3) is 5.91 Å². The molecule has 2 N–H and O–H groups in total. The van der Waals surface area contributed by atoms with Crippen molar-refractivity contribution in [1.29, 1.82) is 0 Å². The zero-order valence-corrected chi connectivity index (χ0v) is 13.7. The molecule has 3 rings (SSSR count). The zero-order valence-electron chi connectivity index (χ0n) is 13.7. The molecule has 0 spiro atoms. The predicted octanol–water partition coefficient (Wildman–Crippen LogP) is 2.75. The highest BCUT2D eigenvalue weighted by Crippen LogP contribution is 2.20. The molecule has 1 aliphatic heterocycles. The number of anilines is 1. The maximum absolute atomic E-state index is 12.1. The number of nitrogens with one attached hydrogen (secondary N) is 1. The molecule has 1 fully saturated rings. The van der Waals surface area contributed by atoms with E-state index in [1.54, 1.807) is 24.3 Å². The van der Waals surface area contributed by atoms with Crippen LogP contribution in [0.4, 0.5) is 5.69 Å². The second kappa shape index (κ2) is 7.61. The number of carboxylic acid groups (broad SMARTS) is 1. The Morgan fingerprint density at radius 2 is 1.56 bits per heavy atom. The summed E-state index contributed by atoms with van der Waals surface area (Å²) in [5.41, 5.74) is 5.06. The molecular weight excluding hydrogens is 318 g/mol. The maximum Gasteiger partial charge on any atom is 0.335 e. The van der Waals surface area contributed by atoms with Crippen LogP contribution in [0.3, 0.4) is 0 Å². The highest BCUT2D eigenvalue weighted by molar-refractivity contribution is 5.95. The number of benzene rings is 2. The molecule has 6 nitrogen and oxygen atoms in total. The van der Waals surface area contributed by atoms with Gasteiger partial charge in [0.15, 0.2) is 0 Å². The van der Waals surface area contributed by atoms with Crippen LogP contribution in [0.5, 0.6) is 0 Å². The Bertz CT molecular complexity index is 777. The lowest BCUT2D eigenvalue weighted by Gasteiger charge is -2.17. The average Bonchev–Trinajstić information content (AvgIpc) is 3.17. The van der Waals surface area contributed by atoms with E-state index in [9.17, 15) is 9.59 Å². The SMILES string of the molecule is O=C(O)c1ccc(/C=N\NC(=O)c2ccc(N3CCCC3)cc2)cc1. The van der Waals surface area contributed by atoms with Crippen LogP contribution in [0.25, 0.3) is 0 Å². The van der Waals surface area contributed by atoms with Crippen molar-refractivity contribution < 1.29 is 14.7 Å². The van der Waals surface area contributed by atoms with E-state index in [0.29, 0.717) is 11.1 Å². The van der Waals surface area contributed by atoms with Crippen molar-refractivity contribution in [3.05, 3.63) is 65.2 Å². The Labute approximate surface area is 145 Å². The second-order valence-electron chi connectivity index (χ2n) is 5.87.